The molecule has 4 rings (SSSR count). The lowest BCUT2D eigenvalue weighted by atomic mass is 9.44. The van der Waals surface area contributed by atoms with Crippen LogP contribution in [0.15, 0.2) is 12.4 Å². The Balaban J connectivity index is 1.53. The molecular formula is C18H27F3N4O3. The lowest BCUT2D eigenvalue weighted by molar-refractivity contribution is -0.325. The average molecular weight is 404 g/mol. The molecule has 2 bridgehead atoms. The van der Waals surface area contributed by atoms with Crippen LogP contribution in [-0.2, 0) is 15.0 Å². The first kappa shape index (κ1) is 20.8. The number of hydrogen-bond donors (Lipinski definition) is 1. The van der Waals surface area contributed by atoms with E-state index in [1.807, 2.05) is 31.6 Å². The molecule has 0 saturated heterocycles. The molecule has 1 heterocycles. The van der Waals surface area contributed by atoms with E-state index in [4.69, 9.17) is 4.74 Å². The Morgan fingerprint density at radius 2 is 1.96 bits per heavy atom. The zero-order valence-electron chi connectivity index (χ0n) is 16.8. The number of rotatable bonds is 6. The Labute approximate surface area is 162 Å². The summed E-state index contributed by atoms with van der Waals surface area (Å²) in [5.41, 5.74) is -0.204. The summed E-state index contributed by atoms with van der Waals surface area (Å²) in [5, 5.41) is 7.35. The zero-order valence-corrected chi connectivity index (χ0v) is 16.8. The third-order valence-electron chi connectivity index (χ3n) is 5.38. The fourth-order valence-electron chi connectivity index (χ4n) is 3.97. The SMILES string of the molecule is C[C@@H](COC(F)(F)F)N(C)c1cnn(C23CC(NC(=O)OC(C)(C)C)(C2)C3)c1. The second-order valence-electron chi connectivity index (χ2n) is 9.02. The Morgan fingerprint density at radius 1 is 1.36 bits per heavy atom. The molecule has 0 aliphatic heterocycles. The maximum Gasteiger partial charge on any atom is 0.522 e. The average Bonchev–Trinajstić information content (AvgIpc) is 2.93. The van der Waals surface area contributed by atoms with Crippen molar-refractivity contribution in [1.29, 1.82) is 0 Å². The van der Waals surface area contributed by atoms with Crippen molar-refractivity contribution in [2.75, 3.05) is 18.6 Å². The molecule has 3 aliphatic carbocycles. The van der Waals surface area contributed by atoms with Gasteiger partial charge in [-0.15, -0.1) is 13.2 Å². The number of anilines is 1. The molecule has 1 atom stereocenters. The quantitative estimate of drug-likeness (QED) is 0.787. The highest BCUT2D eigenvalue weighted by atomic mass is 19.4. The molecule has 1 aromatic rings. The number of halogens is 3. The van der Waals surface area contributed by atoms with Crippen molar-refractivity contribution in [3.05, 3.63) is 12.4 Å². The van der Waals surface area contributed by atoms with Gasteiger partial charge >= 0.3 is 12.5 Å². The van der Waals surface area contributed by atoms with Crippen molar-refractivity contribution < 1.29 is 27.4 Å². The zero-order chi connectivity index (χ0) is 21.0. The van der Waals surface area contributed by atoms with E-state index in [0.717, 1.165) is 24.9 Å². The summed E-state index contributed by atoms with van der Waals surface area (Å²) in [6.45, 7) is 6.65. The number of ether oxygens (including phenoxy) is 2. The van der Waals surface area contributed by atoms with Crippen LogP contribution in [0.2, 0.25) is 0 Å². The number of amides is 1. The van der Waals surface area contributed by atoms with E-state index in [9.17, 15) is 18.0 Å². The predicted octanol–water partition coefficient (Wildman–Crippen LogP) is 3.40. The Kier molecular flexibility index (Phi) is 4.84. The fraction of sp³-hybridized carbons (Fsp3) is 0.778. The summed E-state index contributed by atoms with van der Waals surface area (Å²) in [6, 6.07) is -0.465. The van der Waals surface area contributed by atoms with Crippen LogP contribution in [-0.4, -0.2) is 53.1 Å². The fourth-order valence-corrected chi connectivity index (χ4v) is 3.97. The highest BCUT2D eigenvalue weighted by Crippen LogP contribution is 2.65. The summed E-state index contributed by atoms with van der Waals surface area (Å²) in [7, 11) is 1.71. The lowest BCUT2D eigenvalue weighted by Crippen LogP contribution is -2.79. The number of alkyl halides is 3. The van der Waals surface area contributed by atoms with E-state index < -0.39 is 30.7 Å². The lowest BCUT2D eigenvalue weighted by Gasteiger charge is -2.69. The second kappa shape index (κ2) is 6.53. The summed E-state index contributed by atoms with van der Waals surface area (Å²) >= 11 is 0. The number of nitrogens with zero attached hydrogens (tertiary/aromatic N) is 3. The van der Waals surface area contributed by atoms with Crippen LogP contribution >= 0.6 is 0 Å². The van der Waals surface area contributed by atoms with Gasteiger partial charge in [0.25, 0.3) is 0 Å². The normalized spacial score (nSPS) is 27.4. The second-order valence-corrected chi connectivity index (χ2v) is 9.02. The van der Waals surface area contributed by atoms with Gasteiger partial charge in [0.1, 0.15) is 5.60 Å². The molecule has 3 saturated carbocycles. The molecule has 1 amide bonds. The third kappa shape index (κ3) is 4.21. The number of hydrogen-bond acceptors (Lipinski definition) is 5. The van der Waals surface area contributed by atoms with Crippen LogP contribution in [0.5, 0.6) is 0 Å². The van der Waals surface area contributed by atoms with Crippen molar-refractivity contribution in [3.63, 3.8) is 0 Å². The smallest absolute Gasteiger partial charge is 0.444 e. The summed E-state index contributed by atoms with van der Waals surface area (Å²) in [4.78, 5) is 13.7. The molecule has 3 aliphatic rings. The molecule has 28 heavy (non-hydrogen) atoms. The van der Waals surface area contributed by atoms with Crippen molar-refractivity contribution in [1.82, 2.24) is 15.1 Å². The molecule has 3 fully saturated rings. The van der Waals surface area contributed by atoms with Gasteiger partial charge in [0.15, 0.2) is 0 Å². The highest BCUT2D eigenvalue weighted by molar-refractivity contribution is 5.70. The first-order valence-corrected chi connectivity index (χ1v) is 9.23. The molecule has 1 N–H and O–H groups in total. The highest BCUT2D eigenvalue weighted by Gasteiger charge is 2.70. The van der Waals surface area contributed by atoms with E-state index in [1.54, 1.807) is 25.1 Å². The van der Waals surface area contributed by atoms with Crippen molar-refractivity contribution in [2.45, 2.75) is 76.0 Å². The van der Waals surface area contributed by atoms with Gasteiger partial charge in [-0.2, -0.15) is 5.10 Å². The van der Waals surface area contributed by atoms with Gasteiger partial charge in [0.05, 0.1) is 29.6 Å². The van der Waals surface area contributed by atoms with Gasteiger partial charge in [-0.25, -0.2) is 4.79 Å². The minimum absolute atomic E-state index is 0.139. The topological polar surface area (TPSA) is 68.6 Å². The number of carbonyl (C=O) groups excluding carboxylic acids is 1. The number of carbonyl (C=O) groups is 1. The largest absolute Gasteiger partial charge is 0.522 e. The maximum absolute atomic E-state index is 12.2. The molecule has 0 unspecified atom stereocenters. The molecule has 158 valence electrons. The molecule has 0 aromatic carbocycles. The standard InChI is InChI=1S/C18H27F3N4O3/c1-12(8-27-18(19,20)21)24(5)13-6-22-25(7-13)17-9-16(10-17,11-17)23-14(26)28-15(2,3)4/h6-7,12H,8-11H2,1-5H3,(H,23,26)/t12-,16?,17?/m0/s1. The van der Waals surface area contributed by atoms with Gasteiger partial charge in [-0.1, -0.05) is 0 Å². The van der Waals surface area contributed by atoms with E-state index in [0.29, 0.717) is 0 Å². The first-order chi connectivity index (χ1) is 12.7. The van der Waals surface area contributed by atoms with E-state index in [1.165, 1.54) is 0 Å². The van der Waals surface area contributed by atoms with Crippen LogP contribution in [0.4, 0.5) is 23.7 Å². The van der Waals surface area contributed by atoms with Crippen molar-refractivity contribution in [3.8, 4) is 0 Å². The molecule has 0 spiro atoms. The minimum atomic E-state index is -4.64. The molecule has 0 radical (unpaired) electrons. The van der Waals surface area contributed by atoms with Gasteiger partial charge in [-0.3, -0.25) is 9.42 Å². The molecule has 1 aromatic heterocycles. The number of alkyl carbamates (subject to hydrolysis) is 1. The van der Waals surface area contributed by atoms with Gasteiger partial charge in [0.2, 0.25) is 0 Å². The number of nitrogens with one attached hydrogen (secondary N) is 1. The molecular weight excluding hydrogens is 377 g/mol. The molecule has 7 nitrogen and oxygen atoms in total. The van der Waals surface area contributed by atoms with E-state index in [2.05, 4.69) is 15.2 Å². The van der Waals surface area contributed by atoms with Crippen LogP contribution in [0.25, 0.3) is 0 Å². The van der Waals surface area contributed by atoms with E-state index >= 15 is 0 Å². The van der Waals surface area contributed by atoms with Gasteiger partial charge in [-0.05, 0) is 47.0 Å². The summed E-state index contributed by atoms with van der Waals surface area (Å²) in [6.07, 6.45) is 0.699. The van der Waals surface area contributed by atoms with Crippen LogP contribution in [0.1, 0.15) is 47.0 Å². The monoisotopic (exact) mass is 404 g/mol. The molecule has 10 heteroatoms. The van der Waals surface area contributed by atoms with Gasteiger partial charge in [0, 0.05) is 19.3 Å². The van der Waals surface area contributed by atoms with Gasteiger partial charge < -0.3 is 15.0 Å². The first-order valence-electron chi connectivity index (χ1n) is 9.23. The Morgan fingerprint density at radius 3 is 2.50 bits per heavy atom. The Hall–Kier alpha value is -1.97. The van der Waals surface area contributed by atoms with Crippen LogP contribution < -0.4 is 10.2 Å². The van der Waals surface area contributed by atoms with Crippen LogP contribution in [0, 0.1) is 0 Å². The number of aromatic nitrogens is 2. The van der Waals surface area contributed by atoms with Crippen LogP contribution in [0.3, 0.4) is 0 Å². The summed E-state index contributed by atoms with van der Waals surface area (Å²) < 4.78 is 47.7. The van der Waals surface area contributed by atoms with E-state index in [-0.39, 0.29) is 11.1 Å². The summed E-state index contributed by atoms with van der Waals surface area (Å²) in [5.74, 6) is 0. The maximum atomic E-state index is 12.2. The van der Waals surface area contributed by atoms with Crippen molar-refractivity contribution in [2.24, 2.45) is 0 Å². The number of likely N-dealkylation sites (N-methyl/N-ethyl adjacent to an activating group) is 1. The van der Waals surface area contributed by atoms with Crippen molar-refractivity contribution >= 4 is 11.8 Å². The Bertz CT molecular complexity index is 721. The predicted molar refractivity (Wildman–Crippen MR) is 96.0 cm³/mol. The minimum Gasteiger partial charge on any atom is -0.444 e. The third-order valence-corrected chi connectivity index (χ3v) is 5.38.